The zero-order chi connectivity index (χ0) is 17.1. The Bertz CT molecular complexity index is 862. The molecule has 0 saturated carbocycles. The molecule has 1 N–H and O–H groups in total. The van der Waals surface area contributed by atoms with Crippen molar-refractivity contribution in [3.63, 3.8) is 0 Å². The second-order valence-electron chi connectivity index (χ2n) is 6.32. The number of rotatable bonds is 5. The van der Waals surface area contributed by atoms with E-state index in [2.05, 4.69) is 38.9 Å². The zero-order valence-corrected chi connectivity index (χ0v) is 14.2. The van der Waals surface area contributed by atoms with Gasteiger partial charge in [-0.3, -0.25) is 5.10 Å². The summed E-state index contributed by atoms with van der Waals surface area (Å²) in [4.78, 5) is 0. The quantitative estimate of drug-likeness (QED) is 0.724. The number of aromatic amines is 1. The van der Waals surface area contributed by atoms with Gasteiger partial charge in [-0.25, -0.2) is 4.68 Å². The average molecular weight is 335 g/mol. The number of hydrogen-bond donors (Lipinski definition) is 1. The average Bonchev–Trinajstić information content (AvgIpc) is 3.33. The van der Waals surface area contributed by atoms with Crippen molar-refractivity contribution in [1.29, 1.82) is 0 Å². The van der Waals surface area contributed by atoms with Crippen LogP contribution in [0.4, 0.5) is 0 Å². The molecule has 0 radical (unpaired) electrons. The normalized spacial score (nSPS) is 16.9. The van der Waals surface area contributed by atoms with Gasteiger partial charge in [-0.2, -0.15) is 5.10 Å². The summed E-state index contributed by atoms with van der Waals surface area (Å²) in [6.07, 6.45) is 11.7. The van der Waals surface area contributed by atoms with Crippen LogP contribution in [0, 0.1) is 0 Å². The van der Waals surface area contributed by atoms with Gasteiger partial charge in [0, 0.05) is 23.2 Å². The number of nitrogens with one attached hydrogen (secondary N) is 1. The molecule has 0 spiro atoms. The van der Waals surface area contributed by atoms with E-state index in [9.17, 15) is 0 Å². The molecule has 6 heteroatoms. The van der Waals surface area contributed by atoms with Crippen molar-refractivity contribution in [3.8, 4) is 17.0 Å². The lowest BCUT2D eigenvalue weighted by atomic mass is 9.92. The molecular weight excluding hydrogens is 314 g/mol. The van der Waals surface area contributed by atoms with E-state index in [1.54, 1.807) is 7.11 Å². The van der Waals surface area contributed by atoms with E-state index >= 15 is 0 Å². The first-order chi connectivity index (χ1) is 12.3. The minimum absolute atomic E-state index is 0.490. The maximum absolute atomic E-state index is 5.22. The van der Waals surface area contributed by atoms with Crippen LogP contribution in [0.1, 0.15) is 36.4 Å². The van der Waals surface area contributed by atoms with Crippen LogP contribution in [0.25, 0.3) is 11.3 Å². The molecule has 1 atom stereocenters. The molecule has 4 rings (SSSR count). The third kappa shape index (κ3) is 3.33. The molecule has 0 fully saturated rings. The number of H-pyrrole nitrogens is 1. The predicted molar refractivity (Wildman–Crippen MR) is 95.4 cm³/mol. The van der Waals surface area contributed by atoms with Gasteiger partial charge in [0.1, 0.15) is 5.75 Å². The van der Waals surface area contributed by atoms with Crippen molar-refractivity contribution in [3.05, 3.63) is 60.1 Å². The van der Waals surface area contributed by atoms with Gasteiger partial charge in [-0.1, -0.05) is 17.4 Å². The third-order valence-electron chi connectivity index (χ3n) is 4.67. The highest BCUT2D eigenvalue weighted by Crippen LogP contribution is 2.28. The topological polar surface area (TPSA) is 68.6 Å². The van der Waals surface area contributed by atoms with Crippen molar-refractivity contribution >= 4 is 0 Å². The Hall–Kier alpha value is -2.89. The summed E-state index contributed by atoms with van der Waals surface area (Å²) in [7, 11) is 1.67. The lowest BCUT2D eigenvalue weighted by molar-refractivity contribution is 0.415. The van der Waals surface area contributed by atoms with E-state index in [4.69, 9.17) is 4.74 Å². The summed E-state index contributed by atoms with van der Waals surface area (Å²) in [5, 5.41) is 16.0. The van der Waals surface area contributed by atoms with Crippen LogP contribution in [0.5, 0.6) is 5.75 Å². The van der Waals surface area contributed by atoms with Gasteiger partial charge >= 0.3 is 0 Å². The van der Waals surface area contributed by atoms with Crippen LogP contribution in [0.2, 0.25) is 0 Å². The summed E-state index contributed by atoms with van der Waals surface area (Å²) in [5.74, 6) is 1.33. The molecule has 0 saturated heterocycles. The molecule has 1 aromatic carbocycles. The van der Waals surface area contributed by atoms with Crippen molar-refractivity contribution in [1.82, 2.24) is 25.2 Å². The van der Waals surface area contributed by atoms with Crippen molar-refractivity contribution in [2.75, 3.05) is 7.11 Å². The molecule has 1 aliphatic carbocycles. The van der Waals surface area contributed by atoms with Crippen LogP contribution < -0.4 is 4.74 Å². The molecular formula is C19H21N5O. The number of ether oxygens (including phenoxy) is 1. The second kappa shape index (κ2) is 6.93. The molecule has 25 heavy (non-hydrogen) atoms. The van der Waals surface area contributed by atoms with Crippen molar-refractivity contribution in [2.24, 2.45) is 0 Å². The Balaban J connectivity index is 1.53. The maximum atomic E-state index is 5.22. The summed E-state index contributed by atoms with van der Waals surface area (Å²) in [6, 6.07) is 7.95. The van der Waals surface area contributed by atoms with Crippen LogP contribution in [-0.4, -0.2) is 32.3 Å². The number of methoxy groups -OCH3 is 1. The molecule has 2 heterocycles. The Kier molecular flexibility index (Phi) is 4.33. The Morgan fingerprint density at radius 2 is 2.12 bits per heavy atom. The molecule has 1 aliphatic rings. The molecule has 2 aromatic heterocycles. The second-order valence-corrected chi connectivity index (χ2v) is 6.32. The van der Waals surface area contributed by atoms with Crippen molar-refractivity contribution < 1.29 is 4.74 Å². The minimum Gasteiger partial charge on any atom is -0.497 e. The van der Waals surface area contributed by atoms with E-state index in [1.165, 1.54) is 0 Å². The SMILES string of the molecule is COc1ccc(-c2[nH]ncc2Cn2cc(C3CC=CCC3)nn2)cc1. The van der Waals surface area contributed by atoms with E-state index < -0.39 is 0 Å². The maximum Gasteiger partial charge on any atom is 0.118 e. The zero-order valence-electron chi connectivity index (χ0n) is 14.2. The third-order valence-corrected chi connectivity index (χ3v) is 4.67. The van der Waals surface area contributed by atoms with Gasteiger partial charge in [0.15, 0.2) is 0 Å². The van der Waals surface area contributed by atoms with Gasteiger partial charge in [-0.15, -0.1) is 5.10 Å². The summed E-state index contributed by atoms with van der Waals surface area (Å²) in [5.41, 5.74) is 4.25. The van der Waals surface area contributed by atoms with Gasteiger partial charge in [0.2, 0.25) is 0 Å². The Labute approximate surface area is 146 Å². The first-order valence-electron chi connectivity index (χ1n) is 8.55. The molecule has 1 unspecified atom stereocenters. The van der Waals surface area contributed by atoms with Gasteiger partial charge in [0.25, 0.3) is 0 Å². The standard InChI is InChI=1S/C19H21N5O/c1-25-17-9-7-15(8-10-17)19-16(11-20-22-19)12-24-13-18(21-23-24)14-5-3-2-4-6-14/h2-3,7-11,13-14H,4-6,12H2,1H3,(H,20,22). The largest absolute Gasteiger partial charge is 0.497 e. The molecule has 0 bridgehead atoms. The molecule has 0 aliphatic heterocycles. The fourth-order valence-electron chi connectivity index (χ4n) is 3.25. The van der Waals surface area contributed by atoms with Gasteiger partial charge < -0.3 is 4.74 Å². The summed E-state index contributed by atoms with van der Waals surface area (Å²) >= 11 is 0. The summed E-state index contributed by atoms with van der Waals surface area (Å²) in [6.45, 7) is 0.646. The predicted octanol–water partition coefficient (Wildman–Crippen LogP) is 3.55. The Morgan fingerprint density at radius 1 is 1.24 bits per heavy atom. The number of hydrogen-bond acceptors (Lipinski definition) is 4. The fraction of sp³-hybridized carbons (Fsp3) is 0.316. The van der Waals surface area contributed by atoms with Crippen LogP contribution >= 0.6 is 0 Å². The number of benzene rings is 1. The van der Waals surface area contributed by atoms with E-state index in [0.717, 1.165) is 47.5 Å². The molecule has 6 nitrogen and oxygen atoms in total. The minimum atomic E-state index is 0.490. The lowest BCUT2D eigenvalue weighted by Crippen LogP contribution is -2.02. The van der Waals surface area contributed by atoms with E-state index in [1.807, 2.05) is 35.1 Å². The number of aromatic nitrogens is 5. The molecule has 0 amide bonds. The van der Waals surface area contributed by atoms with Gasteiger partial charge in [0.05, 0.1) is 31.2 Å². The van der Waals surface area contributed by atoms with Crippen molar-refractivity contribution in [2.45, 2.75) is 31.7 Å². The molecule has 128 valence electrons. The van der Waals surface area contributed by atoms with Crippen LogP contribution in [0.3, 0.4) is 0 Å². The van der Waals surface area contributed by atoms with E-state index in [0.29, 0.717) is 12.5 Å². The smallest absolute Gasteiger partial charge is 0.118 e. The number of nitrogens with zero attached hydrogens (tertiary/aromatic N) is 4. The Morgan fingerprint density at radius 3 is 2.88 bits per heavy atom. The van der Waals surface area contributed by atoms with Gasteiger partial charge in [-0.05, 0) is 43.5 Å². The van der Waals surface area contributed by atoms with Crippen LogP contribution in [0.15, 0.2) is 48.8 Å². The van der Waals surface area contributed by atoms with E-state index in [-0.39, 0.29) is 0 Å². The number of allylic oxidation sites excluding steroid dienone is 2. The first kappa shape index (κ1) is 15.6. The summed E-state index contributed by atoms with van der Waals surface area (Å²) < 4.78 is 7.11. The highest BCUT2D eigenvalue weighted by atomic mass is 16.5. The lowest BCUT2D eigenvalue weighted by Gasteiger charge is -2.13. The monoisotopic (exact) mass is 335 g/mol. The highest BCUT2D eigenvalue weighted by molar-refractivity contribution is 5.63. The van der Waals surface area contributed by atoms with Crippen LogP contribution in [-0.2, 0) is 6.54 Å². The molecule has 3 aromatic rings. The fourth-order valence-corrected chi connectivity index (χ4v) is 3.25. The first-order valence-corrected chi connectivity index (χ1v) is 8.55. The highest BCUT2D eigenvalue weighted by Gasteiger charge is 2.17.